The minimum Gasteiger partial charge on any atom is -0.394 e. The average Bonchev–Trinajstić information content (AvgIpc) is 0.793. The molecule has 1 amide bonds. The summed E-state index contributed by atoms with van der Waals surface area (Å²) < 4.78 is 23.0. The molecule has 12 unspecified atom stereocenters. The highest BCUT2D eigenvalue weighted by Crippen LogP contribution is 2.30. The number of nitrogens with one attached hydrogen (secondary N) is 1. The molecule has 0 radical (unpaired) electrons. The number of rotatable bonds is 69. The highest BCUT2D eigenvalue weighted by Gasteiger charge is 2.51. The van der Waals surface area contributed by atoms with Crippen LogP contribution in [-0.2, 0) is 23.7 Å². The molecule has 2 aliphatic heterocycles. The molecule has 2 saturated heterocycles. The van der Waals surface area contributed by atoms with Crippen molar-refractivity contribution in [1.29, 1.82) is 0 Å². The number of allylic oxidation sites excluding steroid dienone is 12. The summed E-state index contributed by atoms with van der Waals surface area (Å²) in [6.45, 7) is 2.80. The number of hydrogen-bond donors (Lipinski definition) is 9. The van der Waals surface area contributed by atoms with Crippen LogP contribution in [0.4, 0.5) is 0 Å². The second-order valence-corrected chi connectivity index (χ2v) is 28.9. The van der Waals surface area contributed by atoms with Crippen LogP contribution in [-0.4, -0.2) is 140 Å². The van der Waals surface area contributed by atoms with E-state index in [1.165, 1.54) is 244 Å². The minimum atomic E-state index is -1.78. The second-order valence-electron chi connectivity index (χ2n) is 28.9. The lowest BCUT2D eigenvalue weighted by atomic mass is 9.97. The third kappa shape index (κ3) is 49.9. The largest absolute Gasteiger partial charge is 0.394 e. The Kier molecular flexibility index (Phi) is 63.1. The standard InChI is InChI=1S/C84H153NO13/c1-3-5-7-9-11-13-15-17-19-21-23-25-27-29-30-31-32-33-34-35-36-37-38-39-40-41-42-44-46-48-50-52-54-56-58-60-62-64-66-68-76(89)85-72(71-95-83-81(94)79(92)82(75(70-87)97-83)98-84-80(93)78(91)77(90)74(69-86)96-84)73(88)67-65-63-61-59-57-55-53-51-49-47-45-43-28-26-24-22-20-18-16-14-12-10-8-6-4-2/h5,7,11,13,17,19,23,25,29-30,32-33,72-75,77-84,86-88,90-94H,3-4,6,8-10,12,14-16,18,20-22,24,26-28,31,34-71H2,1-2H3,(H,85,89)/b7-5-,13-11-,19-17-,25-23-,30-29-,33-32-. The highest BCUT2D eigenvalue weighted by molar-refractivity contribution is 5.76. The Morgan fingerprint density at radius 2 is 0.704 bits per heavy atom. The van der Waals surface area contributed by atoms with E-state index in [4.69, 9.17) is 18.9 Å². The van der Waals surface area contributed by atoms with Crippen molar-refractivity contribution in [2.75, 3.05) is 19.8 Å². The first-order chi connectivity index (χ1) is 48.1. The van der Waals surface area contributed by atoms with Crippen molar-refractivity contribution < 1.29 is 64.6 Å². The van der Waals surface area contributed by atoms with Crippen molar-refractivity contribution in [3.05, 3.63) is 72.9 Å². The monoisotopic (exact) mass is 1380 g/mol. The van der Waals surface area contributed by atoms with Crippen molar-refractivity contribution in [2.24, 2.45) is 0 Å². The lowest BCUT2D eigenvalue weighted by Crippen LogP contribution is -2.65. The summed E-state index contributed by atoms with van der Waals surface area (Å²) in [7, 11) is 0. The normalized spacial score (nSPS) is 22.4. The van der Waals surface area contributed by atoms with Crippen LogP contribution in [0.3, 0.4) is 0 Å². The van der Waals surface area contributed by atoms with E-state index in [2.05, 4.69) is 92.1 Å². The van der Waals surface area contributed by atoms with Gasteiger partial charge >= 0.3 is 0 Å². The Bertz CT molecular complexity index is 1920. The Morgan fingerprint density at radius 3 is 1.08 bits per heavy atom. The topological polar surface area (TPSA) is 228 Å². The summed E-state index contributed by atoms with van der Waals surface area (Å²) in [6, 6.07) is -0.831. The van der Waals surface area contributed by atoms with Gasteiger partial charge in [-0.05, 0) is 64.2 Å². The van der Waals surface area contributed by atoms with Crippen LogP contribution in [0.5, 0.6) is 0 Å². The van der Waals surface area contributed by atoms with Crippen LogP contribution < -0.4 is 5.32 Å². The molecule has 0 spiro atoms. The van der Waals surface area contributed by atoms with Gasteiger partial charge in [0.1, 0.15) is 48.8 Å². The summed E-state index contributed by atoms with van der Waals surface area (Å²) in [5, 5.41) is 87.9. The van der Waals surface area contributed by atoms with Gasteiger partial charge in [0.05, 0.1) is 32.0 Å². The highest BCUT2D eigenvalue weighted by atomic mass is 16.7. The third-order valence-electron chi connectivity index (χ3n) is 19.9. The lowest BCUT2D eigenvalue weighted by molar-refractivity contribution is -0.359. The molecular weight excluding hydrogens is 1230 g/mol. The zero-order valence-electron chi connectivity index (χ0n) is 62.8. The van der Waals surface area contributed by atoms with Gasteiger partial charge in [0.2, 0.25) is 5.91 Å². The number of unbranched alkanes of at least 4 members (excludes halogenated alkanes) is 44. The zero-order valence-corrected chi connectivity index (χ0v) is 62.8. The number of amides is 1. The molecule has 2 fully saturated rings. The van der Waals surface area contributed by atoms with Crippen LogP contribution in [0, 0.1) is 0 Å². The molecule has 2 aliphatic rings. The number of hydrogen-bond acceptors (Lipinski definition) is 13. The molecule has 12 atom stereocenters. The maximum Gasteiger partial charge on any atom is 0.220 e. The van der Waals surface area contributed by atoms with Crippen LogP contribution in [0.15, 0.2) is 72.9 Å². The smallest absolute Gasteiger partial charge is 0.220 e. The summed E-state index contributed by atoms with van der Waals surface area (Å²) in [5.41, 5.74) is 0. The average molecular weight is 1390 g/mol. The molecule has 2 rings (SSSR count). The van der Waals surface area contributed by atoms with Gasteiger partial charge in [0.15, 0.2) is 12.6 Å². The SMILES string of the molecule is CC/C=C\C/C=C\C/C=C\C/C=C\C/C=C\C/C=C\CCCCCCCCCCCCCCCCCCCCCCC(=O)NC(COC1OC(CO)C(OC2OC(CO)C(O)C(O)C2O)C(O)C1O)C(O)CCCCCCCCCCCCCCCCCCCCCCCCCCC. The van der Waals surface area contributed by atoms with E-state index in [-0.39, 0.29) is 12.5 Å². The van der Waals surface area contributed by atoms with E-state index >= 15 is 0 Å². The molecule has 2 heterocycles. The quantitative estimate of drug-likeness (QED) is 0.0204. The van der Waals surface area contributed by atoms with Gasteiger partial charge in [0, 0.05) is 6.42 Å². The third-order valence-corrected chi connectivity index (χ3v) is 19.9. The fourth-order valence-electron chi connectivity index (χ4n) is 13.5. The molecule has 14 heteroatoms. The number of aliphatic hydroxyl groups excluding tert-OH is 8. The molecule has 14 nitrogen and oxygen atoms in total. The maximum absolute atomic E-state index is 13.4. The first kappa shape index (κ1) is 91.5. The fourth-order valence-corrected chi connectivity index (χ4v) is 13.5. The molecule has 0 bridgehead atoms. The van der Waals surface area contributed by atoms with Crippen molar-refractivity contribution in [1.82, 2.24) is 5.32 Å². The molecule has 98 heavy (non-hydrogen) atoms. The molecule has 0 aromatic rings. The van der Waals surface area contributed by atoms with Gasteiger partial charge < -0.3 is 65.1 Å². The molecule has 0 aromatic heterocycles. The van der Waals surface area contributed by atoms with Crippen molar-refractivity contribution >= 4 is 5.91 Å². The number of ether oxygens (including phenoxy) is 4. The molecule has 572 valence electrons. The van der Waals surface area contributed by atoms with E-state index in [1.54, 1.807) is 0 Å². The fraction of sp³-hybridized carbons (Fsp3) is 0.845. The van der Waals surface area contributed by atoms with Gasteiger partial charge in [-0.3, -0.25) is 4.79 Å². The Labute approximate surface area is 599 Å². The van der Waals surface area contributed by atoms with Crippen LogP contribution in [0.25, 0.3) is 0 Å². The van der Waals surface area contributed by atoms with Gasteiger partial charge in [-0.2, -0.15) is 0 Å². The Hall–Kier alpha value is -2.57. The van der Waals surface area contributed by atoms with E-state index in [1.807, 2.05) is 0 Å². The van der Waals surface area contributed by atoms with Gasteiger partial charge in [-0.25, -0.2) is 0 Å². The van der Waals surface area contributed by atoms with Crippen molar-refractivity contribution in [3.63, 3.8) is 0 Å². The van der Waals surface area contributed by atoms with Crippen LogP contribution in [0.2, 0.25) is 0 Å². The van der Waals surface area contributed by atoms with Crippen LogP contribution in [0.1, 0.15) is 361 Å². The lowest BCUT2D eigenvalue weighted by Gasteiger charge is -2.46. The zero-order chi connectivity index (χ0) is 70.8. The second kappa shape index (κ2) is 67.6. The summed E-state index contributed by atoms with van der Waals surface area (Å²) in [6.07, 6.45) is 76.6. The first-order valence-electron chi connectivity index (χ1n) is 41.2. The van der Waals surface area contributed by atoms with Crippen molar-refractivity contribution in [2.45, 2.75) is 434 Å². The Balaban J connectivity index is 1.57. The summed E-state index contributed by atoms with van der Waals surface area (Å²) in [4.78, 5) is 13.4. The van der Waals surface area contributed by atoms with E-state index in [0.29, 0.717) is 12.8 Å². The van der Waals surface area contributed by atoms with Gasteiger partial charge in [0.25, 0.3) is 0 Å². The number of carbonyl (C=O) groups is 1. The maximum atomic E-state index is 13.4. The number of aliphatic hydroxyl groups is 8. The Morgan fingerprint density at radius 1 is 0.378 bits per heavy atom. The molecule has 0 aliphatic carbocycles. The van der Waals surface area contributed by atoms with E-state index in [9.17, 15) is 45.6 Å². The first-order valence-corrected chi connectivity index (χ1v) is 41.2. The van der Waals surface area contributed by atoms with Crippen molar-refractivity contribution in [3.8, 4) is 0 Å². The predicted octanol–water partition coefficient (Wildman–Crippen LogP) is 18.9. The number of carbonyl (C=O) groups excluding carboxylic acids is 1. The van der Waals surface area contributed by atoms with Crippen LogP contribution >= 0.6 is 0 Å². The molecule has 9 N–H and O–H groups in total. The van der Waals surface area contributed by atoms with Gasteiger partial charge in [-0.1, -0.05) is 363 Å². The summed E-state index contributed by atoms with van der Waals surface area (Å²) >= 11 is 0. The molecule has 0 saturated carbocycles. The van der Waals surface area contributed by atoms with Gasteiger partial charge in [-0.15, -0.1) is 0 Å². The summed E-state index contributed by atoms with van der Waals surface area (Å²) in [5.74, 6) is -0.200. The molecular formula is C84H153NO13. The minimum absolute atomic E-state index is 0.200. The van der Waals surface area contributed by atoms with E-state index in [0.717, 1.165) is 89.9 Å². The predicted molar refractivity (Wildman–Crippen MR) is 406 cm³/mol. The van der Waals surface area contributed by atoms with E-state index < -0.39 is 86.8 Å². The molecule has 0 aromatic carbocycles.